The van der Waals surface area contributed by atoms with Gasteiger partial charge in [0.15, 0.2) is 0 Å². The number of rotatable bonds is 4. The van der Waals surface area contributed by atoms with Crippen molar-refractivity contribution >= 4 is 5.91 Å². The molecule has 2 rings (SSSR count). The van der Waals surface area contributed by atoms with Crippen molar-refractivity contribution in [3.8, 4) is 0 Å². The Hall–Kier alpha value is -1.36. The highest BCUT2D eigenvalue weighted by molar-refractivity contribution is 5.95. The van der Waals surface area contributed by atoms with E-state index < -0.39 is 0 Å². The summed E-state index contributed by atoms with van der Waals surface area (Å²) in [7, 11) is 1.83. The molecule has 1 fully saturated rings. The molecule has 1 aliphatic carbocycles. The molecule has 0 saturated heterocycles. The van der Waals surface area contributed by atoms with Crippen LogP contribution in [0.25, 0.3) is 0 Å². The normalized spacial score (nSPS) is 22.9. The van der Waals surface area contributed by atoms with Gasteiger partial charge in [-0.15, -0.1) is 0 Å². The van der Waals surface area contributed by atoms with Crippen LogP contribution in [0.3, 0.4) is 0 Å². The maximum atomic E-state index is 12.1. The summed E-state index contributed by atoms with van der Waals surface area (Å²) in [6.45, 7) is 6.12. The van der Waals surface area contributed by atoms with Gasteiger partial charge in [0.05, 0.1) is 11.3 Å². The lowest BCUT2D eigenvalue weighted by Gasteiger charge is -2.39. The fourth-order valence-corrected chi connectivity index (χ4v) is 2.37. The molecule has 1 aliphatic rings. The molecule has 1 heterocycles. The Morgan fingerprint density at radius 1 is 1.44 bits per heavy atom. The van der Waals surface area contributed by atoms with E-state index in [-0.39, 0.29) is 11.9 Å². The van der Waals surface area contributed by atoms with Gasteiger partial charge in [-0.25, -0.2) is 0 Å². The van der Waals surface area contributed by atoms with Crippen LogP contribution in [-0.2, 0) is 7.05 Å². The average molecular weight is 250 g/mol. The van der Waals surface area contributed by atoms with Crippen molar-refractivity contribution in [2.45, 2.75) is 51.7 Å². The maximum absolute atomic E-state index is 12.1. The number of aromatic nitrogens is 2. The lowest BCUT2D eigenvalue weighted by atomic mass is 9.85. The molecule has 0 spiro atoms. The first-order valence-corrected chi connectivity index (χ1v) is 6.54. The fraction of sp³-hybridized carbons (Fsp3) is 0.692. The predicted molar refractivity (Wildman–Crippen MR) is 70.5 cm³/mol. The second-order valence-electron chi connectivity index (χ2n) is 5.39. The number of amides is 1. The van der Waals surface area contributed by atoms with Crippen LogP contribution in [0.2, 0.25) is 0 Å². The molecule has 0 bridgehead atoms. The van der Waals surface area contributed by atoms with Crippen molar-refractivity contribution in [3.05, 3.63) is 17.5 Å². The quantitative estimate of drug-likeness (QED) is 0.837. The molecule has 0 radical (unpaired) electrons. The van der Waals surface area contributed by atoms with E-state index in [2.05, 4.69) is 29.6 Å². The van der Waals surface area contributed by atoms with E-state index >= 15 is 0 Å². The molecule has 5 nitrogen and oxygen atoms in total. The Balaban J connectivity index is 1.94. The minimum atomic E-state index is -0.0131. The van der Waals surface area contributed by atoms with Gasteiger partial charge in [0.25, 0.3) is 5.91 Å². The van der Waals surface area contributed by atoms with E-state index in [0.29, 0.717) is 17.6 Å². The van der Waals surface area contributed by atoms with Gasteiger partial charge < -0.3 is 10.6 Å². The zero-order valence-corrected chi connectivity index (χ0v) is 11.5. The van der Waals surface area contributed by atoms with Crippen LogP contribution in [0.15, 0.2) is 6.20 Å². The predicted octanol–water partition coefficient (Wildman–Crippen LogP) is 0.987. The third kappa shape index (κ3) is 2.72. The van der Waals surface area contributed by atoms with Crippen LogP contribution in [0.5, 0.6) is 0 Å². The maximum Gasteiger partial charge on any atom is 0.255 e. The monoisotopic (exact) mass is 250 g/mol. The van der Waals surface area contributed by atoms with Crippen LogP contribution < -0.4 is 10.6 Å². The Morgan fingerprint density at radius 2 is 2.11 bits per heavy atom. The number of hydrogen-bond acceptors (Lipinski definition) is 3. The lowest BCUT2D eigenvalue weighted by Crippen LogP contribution is -2.58. The Labute approximate surface area is 108 Å². The lowest BCUT2D eigenvalue weighted by molar-refractivity contribution is 0.0890. The molecule has 0 unspecified atom stereocenters. The molecule has 2 N–H and O–H groups in total. The molecule has 1 aromatic heterocycles. The summed E-state index contributed by atoms with van der Waals surface area (Å²) in [5, 5.41) is 10.7. The summed E-state index contributed by atoms with van der Waals surface area (Å²) in [6, 6.07) is 1.11. The third-order valence-electron chi connectivity index (χ3n) is 3.40. The fourth-order valence-electron chi connectivity index (χ4n) is 2.37. The highest BCUT2D eigenvalue weighted by atomic mass is 16.1. The standard InChI is InChI=1S/C13H22N4O/c1-8(2)14-11-5-6-12(11)15-13(18)10-7-17(4)16-9(10)3/h7-8,11-12,14H,5-6H2,1-4H3,(H,15,18)/t11-,12+/m1/s1. The molecule has 0 aromatic carbocycles. The zero-order chi connectivity index (χ0) is 13.3. The van der Waals surface area contributed by atoms with Crippen molar-refractivity contribution in [2.24, 2.45) is 7.05 Å². The topological polar surface area (TPSA) is 59.0 Å². The molecular formula is C13H22N4O. The smallest absolute Gasteiger partial charge is 0.255 e. The number of nitrogens with one attached hydrogen (secondary N) is 2. The van der Waals surface area contributed by atoms with Gasteiger partial charge >= 0.3 is 0 Å². The number of carbonyl (C=O) groups is 1. The number of carbonyl (C=O) groups excluding carboxylic acids is 1. The van der Waals surface area contributed by atoms with E-state index in [1.165, 1.54) is 0 Å². The average Bonchev–Trinajstić information content (AvgIpc) is 2.60. The molecule has 18 heavy (non-hydrogen) atoms. The first-order valence-electron chi connectivity index (χ1n) is 6.54. The highest BCUT2D eigenvalue weighted by Gasteiger charge is 2.32. The summed E-state index contributed by atoms with van der Waals surface area (Å²) >= 11 is 0. The molecule has 1 amide bonds. The minimum Gasteiger partial charge on any atom is -0.348 e. The molecule has 100 valence electrons. The molecular weight excluding hydrogens is 228 g/mol. The van der Waals surface area contributed by atoms with Crippen LogP contribution in [0.4, 0.5) is 0 Å². The van der Waals surface area contributed by atoms with Crippen LogP contribution in [0, 0.1) is 6.92 Å². The van der Waals surface area contributed by atoms with E-state index in [0.717, 1.165) is 18.5 Å². The van der Waals surface area contributed by atoms with E-state index in [4.69, 9.17) is 0 Å². The first-order chi connectivity index (χ1) is 8.47. The van der Waals surface area contributed by atoms with Gasteiger partial charge in [-0.1, -0.05) is 13.8 Å². The number of hydrogen-bond donors (Lipinski definition) is 2. The van der Waals surface area contributed by atoms with Crippen LogP contribution in [-0.4, -0.2) is 33.8 Å². The number of aryl methyl sites for hydroxylation is 2. The van der Waals surface area contributed by atoms with Gasteiger partial charge in [-0.05, 0) is 19.8 Å². The Bertz CT molecular complexity index is 438. The number of nitrogens with zero attached hydrogens (tertiary/aromatic N) is 2. The summed E-state index contributed by atoms with van der Waals surface area (Å²) in [5.74, 6) is -0.0131. The molecule has 2 atom stereocenters. The molecule has 1 saturated carbocycles. The van der Waals surface area contributed by atoms with Crippen molar-refractivity contribution in [1.29, 1.82) is 0 Å². The van der Waals surface area contributed by atoms with Crippen LogP contribution >= 0.6 is 0 Å². The van der Waals surface area contributed by atoms with Crippen molar-refractivity contribution < 1.29 is 4.79 Å². The minimum absolute atomic E-state index is 0.0131. The van der Waals surface area contributed by atoms with Crippen LogP contribution in [0.1, 0.15) is 42.7 Å². The summed E-state index contributed by atoms with van der Waals surface area (Å²) in [6.07, 6.45) is 3.96. The van der Waals surface area contributed by atoms with E-state index in [1.807, 2.05) is 14.0 Å². The Morgan fingerprint density at radius 3 is 2.56 bits per heavy atom. The SMILES string of the molecule is Cc1nn(C)cc1C(=O)N[C@H]1CC[C@H]1NC(C)C. The van der Waals surface area contributed by atoms with Gasteiger partial charge in [0.2, 0.25) is 0 Å². The van der Waals surface area contributed by atoms with Gasteiger partial charge in [-0.3, -0.25) is 9.48 Å². The zero-order valence-electron chi connectivity index (χ0n) is 11.5. The summed E-state index contributed by atoms with van der Waals surface area (Å²) < 4.78 is 1.68. The summed E-state index contributed by atoms with van der Waals surface area (Å²) in [4.78, 5) is 12.1. The van der Waals surface area contributed by atoms with E-state index in [9.17, 15) is 4.79 Å². The first kappa shape index (κ1) is 13.1. The third-order valence-corrected chi connectivity index (χ3v) is 3.40. The highest BCUT2D eigenvalue weighted by Crippen LogP contribution is 2.21. The summed E-state index contributed by atoms with van der Waals surface area (Å²) in [5.41, 5.74) is 1.45. The van der Waals surface area contributed by atoms with Crippen molar-refractivity contribution in [1.82, 2.24) is 20.4 Å². The Kier molecular flexibility index (Phi) is 3.71. The van der Waals surface area contributed by atoms with Gasteiger partial charge in [0, 0.05) is 31.4 Å². The molecule has 5 heteroatoms. The van der Waals surface area contributed by atoms with Gasteiger partial charge in [-0.2, -0.15) is 5.10 Å². The molecule has 0 aliphatic heterocycles. The largest absolute Gasteiger partial charge is 0.348 e. The molecule has 1 aromatic rings. The van der Waals surface area contributed by atoms with Crippen molar-refractivity contribution in [3.63, 3.8) is 0 Å². The van der Waals surface area contributed by atoms with Crippen molar-refractivity contribution in [2.75, 3.05) is 0 Å². The van der Waals surface area contributed by atoms with E-state index in [1.54, 1.807) is 10.9 Å². The second kappa shape index (κ2) is 5.10. The van der Waals surface area contributed by atoms with Gasteiger partial charge in [0.1, 0.15) is 0 Å². The second-order valence-corrected chi connectivity index (χ2v) is 5.39.